The van der Waals surface area contributed by atoms with E-state index in [4.69, 9.17) is 14.6 Å². The molecular formula is C16H21N3O2S2. The van der Waals surface area contributed by atoms with Crippen LogP contribution in [0.4, 0.5) is 0 Å². The molecule has 7 heteroatoms. The van der Waals surface area contributed by atoms with E-state index in [1.54, 1.807) is 22.7 Å². The minimum absolute atomic E-state index is 0.250. The minimum atomic E-state index is 0.250. The lowest BCUT2D eigenvalue weighted by atomic mass is 9.82. The zero-order valence-corrected chi connectivity index (χ0v) is 15.3. The maximum Gasteiger partial charge on any atom is 0.373 e. The molecule has 0 aromatic carbocycles. The van der Waals surface area contributed by atoms with Crippen molar-refractivity contribution < 1.29 is 9.59 Å². The zero-order chi connectivity index (χ0) is 16.9. The maximum atomic E-state index is 8.12. The molecule has 1 aliphatic rings. The largest absolute Gasteiger partial charge is 0.373 e. The lowest BCUT2D eigenvalue weighted by molar-refractivity contribution is -0.191. The maximum absolute atomic E-state index is 8.12. The van der Waals surface area contributed by atoms with Crippen molar-refractivity contribution in [1.82, 2.24) is 15.2 Å². The smallest absolute Gasteiger partial charge is 0.238 e. The molecule has 0 spiro atoms. The molecule has 0 N–H and O–H groups in total. The fraction of sp³-hybridized carbons (Fsp3) is 0.625. The second-order valence-corrected chi connectivity index (χ2v) is 8.89. The van der Waals surface area contributed by atoms with Gasteiger partial charge in [-0.25, -0.2) is 4.98 Å². The Kier molecular flexibility index (Phi) is 6.16. The Morgan fingerprint density at radius 1 is 1.22 bits per heavy atom. The van der Waals surface area contributed by atoms with Crippen molar-refractivity contribution in [2.45, 2.75) is 52.9 Å². The molecule has 0 amide bonds. The summed E-state index contributed by atoms with van der Waals surface area (Å²) < 4.78 is 0. The Balaban J connectivity index is 0.000000595. The molecule has 1 aliphatic carbocycles. The molecule has 124 valence electrons. The first-order valence-corrected chi connectivity index (χ1v) is 9.37. The van der Waals surface area contributed by atoms with Crippen LogP contribution in [-0.2, 0) is 22.4 Å². The molecule has 23 heavy (non-hydrogen) atoms. The van der Waals surface area contributed by atoms with Gasteiger partial charge in [-0.05, 0) is 17.8 Å². The summed E-state index contributed by atoms with van der Waals surface area (Å²) in [6, 6.07) is 0. The first kappa shape index (κ1) is 17.9. The zero-order valence-electron chi connectivity index (χ0n) is 13.7. The second-order valence-electron chi connectivity index (χ2n) is 6.97. The van der Waals surface area contributed by atoms with Crippen molar-refractivity contribution in [3.05, 3.63) is 16.1 Å². The molecule has 5 nitrogen and oxygen atoms in total. The van der Waals surface area contributed by atoms with Gasteiger partial charge in [0.25, 0.3) is 0 Å². The number of hydrogen-bond acceptors (Lipinski definition) is 7. The highest BCUT2D eigenvalue weighted by Crippen LogP contribution is 2.33. The number of rotatable bonds is 4. The van der Waals surface area contributed by atoms with Crippen LogP contribution >= 0.6 is 22.7 Å². The Hall–Kier alpha value is -1.43. The predicted molar refractivity (Wildman–Crippen MR) is 90.2 cm³/mol. The monoisotopic (exact) mass is 351 g/mol. The van der Waals surface area contributed by atoms with Crippen LogP contribution in [-0.4, -0.2) is 21.3 Å². The molecule has 0 aliphatic heterocycles. The van der Waals surface area contributed by atoms with Gasteiger partial charge in [-0.3, -0.25) is 0 Å². The summed E-state index contributed by atoms with van der Waals surface area (Å²) in [5.41, 5.74) is 1.50. The lowest BCUT2D eigenvalue weighted by Crippen LogP contribution is -2.13. The highest BCUT2D eigenvalue weighted by atomic mass is 32.1. The SMILES string of the molecule is CC(C)(C)Cc1nnc(-c2nc(CC3CCC3)cs2)s1.O=C=O. The van der Waals surface area contributed by atoms with Crippen LogP contribution in [0.1, 0.15) is 50.7 Å². The van der Waals surface area contributed by atoms with Crippen LogP contribution in [0.3, 0.4) is 0 Å². The molecule has 2 aromatic heterocycles. The topological polar surface area (TPSA) is 72.8 Å². The fourth-order valence-corrected chi connectivity index (χ4v) is 4.36. The van der Waals surface area contributed by atoms with Crippen molar-refractivity contribution in [2.24, 2.45) is 11.3 Å². The van der Waals surface area contributed by atoms with E-state index in [9.17, 15) is 0 Å². The lowest BCUT2D eigenvalue weighted by Gasteiger charge is -2.24. The van der Waals surface area contributed by atoms with Gasteiger partial charge in [0.1, 0.15) is 5.01 Å². The van der Waals surface area contributed by atoms with Gasteiger partial charge in [-0.2, -0.15) is 9.59 Å². The number of hydrogen-bond donors (Lipinski definition) is 0. The van der Waals surface area contributed by atoms with Gasteiger partial charge in [-0.1, -0.05) is 51.4 Å². The van der Waals surface area contributed by atoms with Crippen LogP contribution in [0.2, 0.25) is 0 Å². The summed E-state index contributed by atoms with van der Waals surface area (Å²) >= 11 is 3.40. The third-order valence-electron chi connectivity index (χ3n) is 3.61. The van der Waals surface area contributed by atoms with Gasteiger partial charge in [-0.15, -0.1) is 21.5 Å². The Morgan fingerprint density at radius 3 is 2.48 bits per heavy atom. The van der Waals surface area contributed by atoms with Crippen LogP contribution in [0.5, 0.6) is 0 Å². The number of nitrogens with zero attached hydrogens (tertiary/aromatic N) is 3. The third kappa shape index (κ3) is 5.61. The molecule has 0 radical (unpaired) electrons. The predicted octanol–water partition coefficient (Wildman–Crippen LogP) is 4.01. The van der Waals surface area contributed by atoms with Crippen LogP contribution in [0, 0.1) is 11.3 Å². The van der Waals surface area contributed by atoms with Crippen LogP contribution in [0.15, 0.2) is 5.38 Å². The van der Waals surface area contributed by atoms with Crippen molar-refractivity contribution in [3.8, 4) is 10.0 Å². The molecule has 1 saturated carbocycles. The molecule has 1 fully saturated rings. The number of aromatic nitrogens is 3. The van der Waals surface area contributed by atoms with Crippen LogP contribution in [0.25, 0.3) is 10.0 Å². The second kappa shape index (κ2) is 7.90. The molecule has 0 atom stereocenters. The quantitative estimate of drug-likeness (QED) is 0.832. The first-order valence-electron chi connectivity index (χ1n) is 7.67. The minimum Gasteiger partial charge on any atom is -0.238 e. The molecule has 0 unspecified atom stereocenters. The van der Waals surface area contributed by atoms with Crippen molar-refractivity contribution in [2.75, 3.05) is 0 Å². The van der Waals surface area contributed by atoms with E-state index in [1.165, 1.54) is 25.0 Å². The van der Waals surface area contributed by atoms with Gasteiger partial charge < -0.3 is 0 Å². The highest BCUT2D eigenvalue weighted by molar-refractivity contribution is 7.20. The summed E-state index contributed by atoms with van der Waals surface area (Å²) in [6.07, 6.45) is 6.52. The van der Waals surface area contributed by atoms with Gasteiger partial charge in [0, 0.05) is 11.8 Å². The van der Waals surface area contributed by atoms with Gasteiger partial charge >= 0.3 is 6.15 Å². The highest BCUT2D eigenvalue weighted by Gasteiger charge is 2.20. The van der Waals surface area contributed by atoms with E-state index >= 15 is 0 Å². The van der Waals surface area contributed by atoms with E-state index in [-0.39, 0.29) is 11.6 Å². The van der Waals surface area contributed by atoms with E-state index in [1.807, 2.05) is 0 Å². The van der Waals surface area contributed by atoms with Gasteiger partial charge in [0.15, 0.2) is 10.0 Å². The van der Waals surface area contributed by atoms with Gasteiger partial charge in [0.05, 0.1) is 5.69 Å². The molecule has 0 bridgehead atoms. The average Bonchev–Trinajstić information content (AvgIpc) is 3.01. The van der Waals surface area contributed by atoms with E-state index in [0.29, 0.717) is 0 Å². The van der Waals surface area contributed by atoms with E-state index < -0.39 is 0 Å². The molecular weight excluding hydrogens is 330 g/mol. The van der Waals surface area contributed by atoms with E-state index in [0.717, 1.165) is 33.8 Å². The average molecular weight is 351 g/mol. The summed E-state index contributed by atoms with van der Waals surface area (Å²) in [4.78, 5) is 21.0. The fourth-order valence-electron chi connectivity index (χ4n) is 2.36. The normalized spacial score (nSPS) is 14.6. The summed E-state index contributed by atoms with van der Waals surface area (Å²) in [5.74, 6) is 0.871. The van der Waals surface area contributed by atoms with Crippen molar-refractivity contribution in [1.29, 1.82) is 0 Å². The Morgan fingerprint density at radius 2 is 1.91 bits per heavy atom. The summed E-state index contributed by atoms with van der Waals surface area (Å²) in [6.45, 7) is 6.69. The van der Waals surface area contributed by atoms with Crippen LogP contribution < -0.4 is 0 Å². The van der Waals surface area contributed by atoms with Gasteiger partial charge in [0.2, 0.25) is 0 Å². The Bertz CT molecular complexity index is 663. The van der Waals surface area contributed by atoms with E-state index in [2.05, 4.69) is 36.3 Å². The molecule has 3 rings (SSSR count). The first-order chi connectivity index (χ1) is 10.9. The standard InChI is InChI=1S/C15H21N3S2.CO2/c1-15(2,3)8-12-17-18-14(20-12)13-16-11(9-19-13)7-10-5-4-6-10;2-1-3/h9-10H,4-8H2,1-3H3;. The molecule has 2 aromatic rings. The molecule has 2 heterocycles. The summed E-state index contributed by atoms with van der Waals surface area (Å²) in [5, 5.41) is 14.0. The van der Waals surface area contributed by atoms with Crippen molar-refractivity contribution in [3.63, 3.8) is 0 Å². The number of thiazole rings is 1. The molecule has 0 saturated heterocycles. The number of carbonyl (C=O) groups excluding carboxylic acids is 2. The van der Waals surface area contributed by atoms with Crippen molar-refractivity contribution >= 4 is 28.8 Å². The third-order valence-corrected chi connectivity index (χ3v) is 5.56. The Labute approximate surface area is 144 Å². The summed E-state index contributed by atoms with van der Waals surface area (Å²) in [7, 11) is 0.